The molecule has 0 bridgehead atoms. The number of para-hydroxylation sites is 1. The zero-order valence-corrected chi connectivity index (χ0v) is 19.5. The monoisotopic (exact) mass is 523 g/mol. The van der Waals surface area contributed by atoms with Crippen molar-refractivity contribution < 1.29 is 18.0 Å². The van der Waals surface area contributed by atoms with E-state index in [4.69, 9.17) is 34.8 Å². The van der Waals surface area contributed by atoms with Crippen molar-refractivity contribution in [3.63, 3.8) is 0 Å². The second-order valence-corrected chi connectivity index (χ2v) is 8.52. The average Bonchev–Trinajstić information content (AvgIpc) is 3.24. The van der Waals surface area contributed by atoms with Gasteiger partial charge < -0.3 is 5.32 Å². The highest BCUT2D eigenvalue weighted by Gasteiger charge is 2.35. The molecule has 0 aliphatic rings. The van der Waals surface area contributed by atoms with Crippen molar-refractivity contribution in [2.45, 2.75) is 12.7 Å². The van der Waals surface area contributed by atoms with Crippen LogP contribution >= 0.6 is 34.8 Å². The summed E-state index contributed by atoms with van der Waals surface area (Å²) in [5.41, 5.74) is 0.883. The van der Waals surface area contributed by atoms with E-state index in [1.807, 2.05) is 0 Å². The Balaban J connectivity index is 1.60. The molecular weight excluding hydrogens is 510 g/mol. The summed E-state index contributed by atoms with van der Waals surface area (Å²) in [6, 6.07) is 18.5. The van der Waals surface area contributed by atoms with Crippen molar-refractivity contribution in [1.29, 1.82) is 0 Å². The summed E-state index contributed by atoms with van der Waals surface area (Å²) in [7, 11) is 0. The Labute approximate surface area is 207 Å². The summed E-state index contributed by atoms with van der Waals surface area (Å²) < 4.78 is 41.3. The summed E-state index contributed by atoms with van der Waals surface area (Å²) >= 11 is 18.2. The lowest BCUT2D eigenvalue weighted by Crippen LogP contribution is -2.22. The SMILES string of the molecule is O=C(NCc1ccc(Cl)cc1Cl)c1ccc(-c2cc(C(F)(F)F)nn2-c2ccccc2Cl)cc1. The molecule has 0 atom stereocenters. The minimum atomic E-state index is -4.63. The van der Waals surface area contributed by atoms with Crippen LogP contribution in [0.4, 0.5) is 13.2 Å². The minimum absolute atomic E-state index is 0.181. The number of nitrogens with zero attached hydrogens (tertiary/aromatic N) is 2. The van der Waals surface area contributed by atoms with E-state index >= 15 is 0 Å². The first-order valence-electron chi connectivity index (χ1n) is 9.88. The molecule has 10 heteroatoms. The van der Waals surface area contributed by atoms with Crippen LogP contribution < -0.4 is 5.32 Å². The number of nitrogens with one attached hydrogen (secondary N) is 1. The third-order valence-corrected chi connectivity index (χ3v) is 5.88. The molecule has 0 saturated carbocycles. The number of carbonyl (C=O) groups is 1. The van der Waals surface area contributed by atoms with Gasteiger partial charge in [0.25, 0.3) is 5.91 Å². The number of carbonyl (C=O) groups excluding carboxylic acids is 1. The molecule has 4 nitrogen and oxygen atoms in total. The van der Waals surface area contributed by atoms with Gasteiger partial charge in [-0.15, -0.1) is 0 Å². The molecule has 0 unspecified atom stereocenters. The fourth-order valence-corrected chi connectivity index (χ4v) is 3.96. The van der Waals surface area contributed by atoms with E-state index in [-0.39, 0.29) is 23.2 Å². The van der Waals surface area contributed by atoms with E-state index in [0.717, 1.165) is 10.7 Å². The number of aromatic nitrogens is 2. The molecule has 1 aromatic heterocycles. The Bertz CT molecular complexity index is 1350. The van der Waals surface area contributed by atoms with E-state index in [1.165, 1.54) is 12.1 Å². The molecule has 0 aliphatic heterocycles. The molecule has 34 heavy (non-hydrogen) atoms. The lowest BCUT2D eigenvalue weighted by Gasteiger charge is -2.10. The topological polar surface area (TPSA) is 46.9 Å². The predicted octanol–water partition coefficient (Wildman–Crippen LogP) is 7.45. The maximum Gasteiger partial charge on any atom is 0.435 e. The fourth-order valence-electron chi connectivity index (χ4n) is 3.27. The first kappa shape index (κ1) is 24.1. The number of hydrogen-bond acceptors (Lipinski definition) is 2. The van der Waals surface area contributed by atoms with Gasteiger partial charge in [0.05, 0.1) is 16.4 Å². The Morgan fingerprint density at radius 3 is 2.26 bits per heavy atom. The maximum absolute atomic E-state index is 13.4. The predicted molar refractivity (Wildman–Crippen MR) is 127 cm³/mol. The van der Waals surface area contributed by atoms with Gasteiger partial charge in [-0.25, -0.2) is 4.68 Å². The zero-order valence-electron chi connectivity index (χ0n) is 17.2. The summed E-state index contributed by atoms with van der Waals surface area (Å²) in [5, 5.41) is 7.64. The zero-order chi connectivity index (χ0) is 24.5. The molecule has 4 aromatic rings. The smallest absolute Gasteiger partial charge is 0.348 e. The molecule has 0 spiro atoms. The van der Waals surface area contributed by atoms with Gasteiger partial charge in [-0.3, -0.25) is 4.79 Å². The molecule has 3 aromatic carbocycles. The number of alkyl halides is 3. The van der Waals surface area contributed by atoms with Crippen LogP contribution in [0.3, 0.4) is 0 Å². The van der Waals surface area contributed by atoms with Crippen molar-refractivity contribution in [1.82, 2.24) is 15.1 Å². The first-order valence-corrected chi connectivity index (χ1v) is 11.0. The van der Waals surface area contributed by atoms with E-state index < -0.39 is 11.9 Å². The van der Waals surface area contributed by atoms with Gasteiger partial charge in [-0.2, -0.15) is 18.3 Å². The van der Waals surface area contributed by atoms with E-state index in [1.54, 1.807) is 54.6 Å². The van der Waals surface area contributed by atoms with Crippen LogP contribution in [0.1, 0.15) is 21.6 Å². The number of hydrogen-bond donors (Lipinski definition) is 1. The molecule has 0 fully saturated rings. The van der Waals surface area contributed by atoms with Crippen LogP contribution in [0, 0.1) is 0 Å². The molecule has 0 aliphatic carbocycles. The minimum Gasteiger partial charge on any atom is -0.348 e. The summed E-state index contributed by atoms with van der Waals surface area (Å²) in [5.74, 6) is -0.367. The fraction of sp³-hybridized carbons (Fsp3) is 0.0833. The van der Waals surface area contributed by atoms with Crippen molar-refractivity contribution in [3.05, 3.63) is 105 Å². The standard InChI is InChI=1S/C24H15Cl3F3N3O/c25-17-10-9-16(19(27)11-17)13-31-23(34)15-7-5-14(6-8-15)21-12-22(24(28,29)30)32-33(21)20-4-2-1-3-18(20)26/h1-12H,13H2,(H,31,34). The van der Waals surface area contributed by atoms with Crippen molar-refractivity contribution in [2.24, 2.45) is 0 Å². The Hall–Kier alpha value is -3.00. The Kier molecular flexibility index (Phi) is 6.89. The summed E-state index contributed by atoms with van der Waals surface area (Å²) in [6.07, 6.45) is -4.63. The number of halogens is 6. The van der Waals surface area contributed by atoms with Crippen molar-refractivity contribution in [2.75, 3.05) is 0 Å². The molecule has 1 N–H and O–H groups in total. The van der Waals surface area contributed by atoms with Crippen molar-refractivity contribution >= 4 is 40.7 Å². The molecular formula is C24H15Cl3F3N3O. The van der Waals surface area contributed by atoms with Crippen molar-refractivity contribution in [3.8, 4) is 16.9 Å². The third-order valence-electron chi connectivity index (χ3n) is 4.98. The Morgan fingerprint density at radius 1 is 0.912 bits per heavy atom. The lowest BCUT2D eigenvalue weighted by molar-refractivity contribution is -0.141. The van der Waals surface area contributed by atoms with E-state index in [9.17, 15) is 18.0 Å². The van der Waals surface area contributed by atoms with Gasteiger partial charge in [0.15, 0.2) is 5.69 Å². The number of benzene rings is 3. The summed E-state index contributed by atoms with van der Waals surface area (Å²) in [6.45, 7) is 0.185. The maximum atomic E-state index is 13.4. The number of rotatable bonds is 5. The van der Waals surface area contributed by atoms with Gasteiger partial charge in [0.1, 0.15) is 0 Å². The van der Waals surface area contributed by atoms with Crippen LogP contribution in [0.25, 0.3) is 16.9 Å². The van der Waals surface area contributed by atoms with Crippen LogP contribution in [-0.4, -0.2) is 15.7 Å². The van der Waals surface area contributed by atoms with E-state index in [2.05, 4.69) is 10.4 Å². The molecule has 0 radical (unpaired) electrons. The van der Waals surface area contributed by atoms with Gasteiger partial charge in [-0.1, -0.05) is 65.1 Å². The third kappa shape index (κ3) is 5.22. The van der Waals surface area contributed by atoms with Crippen LogP contribution in [0.2, 0.25) is 15.1 Å². The summed E-state index contributed by atoms with van der Waals surface area (Å²) in [4.78, 5) is 12.5. The molecule has 1 heterocycles. The van der Waals surface area contributed by atoms with Crippen LogP contribution in [0.5, 0.6) is 0 Å². The van der Waals surface area contributed by atoms with Crippen LogP contribution in [0.15, 0.2) is 72.8 Å². The molecule has 4 rings (SSSR count). The molecule has 0 saturated heterocycles. The Morgan fingerprint density at radius 2 is 1.62 bits per heavy atom. The van der Waals surface area contributed by atoms with Gasteiger partial charge in [-0.05, 0) is 48.0 Å². The highest BCUT2D eigenvalue weighted by molar-refractivity contribution is 6.35. The normalized spacial score (nSPS) is 11.5. The molecule has 174 valence electrons. The average molecular weight is 525 g/mol. The molecule has 1 amide bonds. The lowest BCUT2D eigenvalue weighted by atomic mass is 10.1. The number of amides is 1. The second-order valence-electron chi connectivity index (χ2n) is 7.27. The van der Waals surface area contributed by atoms with Crippen LogP contribution in [-0.2, 0) is 12.7 Å². The first-order chi connectivity index (χ1) is 16.1. The van der Waals surface area contributed by atoms with Gasteiger partial charge in [0.2, 0.25) is 0 Å². The highest BCUT2D eigenvalue weighted by atomic mass is 35.5. The van der Waals surface area contributed by atoms with E-state index in [0.29, 0.717) is 32.4 Å². The second kappa shape index (κ2) is 9.70. The van der Waals surface area contributed by atoms with Gasteiger partial charge in [0, 0.05) is 27.7 Å². The highest BCUT2D eigenvalue weighted by Crippen LogP contribution is 2.34. The quantitative estimate of drug-likeness (QED) is 0.295. The van der Waals surface area contributed by atoms with Gasteiger partial charge >= 0.3 is 6.18 Å². The largest absolute Gasteiger partial charge is 0.435 e.